The highest BCUT2D eigenvalue weighted by atomic mass is 35.5. The van der Waals surface area contributed by atoms with Crippen LogP contribution in [0.3, 0.4) is 0 Å². The number of carbonyl (C=O) groups is 1. The highest BCUT2D eigenvalue weighted by Gasteiger charge is 2.23. The van der Waals surface area contributed by atoms with Crippen molar-refractivity contribution in [1.29, 1.82) is 0 Å². The van der Waals surface area contributed by atoms with Crippen molar-refractivity contribution in [2.45, 2.75) is 0 Å². The van der Waals surface area contributed by atoms with E-state index in [-0.39, 0.29) is 5.91 Å². The summed E-state index contributed by atoms with van der Waals surface area (Å²) in [6, 6.07) is 17.5. The highest BCUT2D eigenvalue weighted by Crippen LogP contribution is 2.22. The Hall–Kier alpha value is -2.59. The zero-order valence-corrected chi connectivity index (χ0v) is 14.5. The average molecular weight is 352 g/mol. The van der Waals surface area contributed by atoms with Gasteiger partial charge in [-0.1, -0.05) is 29.8 Å². The van der Waals surface area contributed by atoms with Crippen molar-refractivity contribution < 1.29 is 4.79 Å². The monoisotopic (exact) mass is 351 g/mol. The van der Waals surface area contributed by atoms with Gasteiger partial charge in [0.15, 0.2) is 0 Å². The fourth-order valence-electron chi connectivity index (χ4n) is 3.27. The molecule has 0 unspecified atom stereocenters. The first kappa shape index (κ1) is 15.9. The van der Waals surface area contributed by atoms with Crippen LogP contribution in [0.2, 0.25) is 5.02 Å². The van der Waals surface area contributed by atoms with Crippen molar-refractivity contribution in [3.05, 3.63) is 71.4 Å². The zero-order chi connectivity index (χ0) is 17.2. The Kier molecular flexibility index (Phi) is 4.28. The number of halogens is 1. The van der Waals surface area contributed by atoms with Crippen molar-refractivity contribution in [3.63, 3.8) is 0 Å². The molecule has 25 heavy (non-hydrogen) atoms. The smallest absolute Gasteiger partial charge is 0.256 e. The van der Waals surface area contributed by atoms with Crippen molar-refractivity contribution in [2.75, 3.05) is 31.1 Å². The summed E-state index contributed by atoms with van der Waals surface area (Å²) in [7, 11) is 0. The Morgan fingerprint density at radius 2 is 1.64 bits per heavy atom. The van der Waals surface area contributed by atoms with E-state index >= 15 is 0 Å². The number of nitrogens with zero attached hydrogens (tertiary/aromatic N) is 3. The van der Waals surface area contributed by atoms with Gasteiger partial charge in [0.1, 0.15) is 0 Å². The molecule has 2 aromatic carbocycles. The molecular formula is C20H18ClN3O. The van der Waals surface area contributed by atoms with E-state index in [1.54, 1.807) is 6.20 Å². The van der Waals surface area contributed by atoms with Crippen molar-refractivity contribution in [3.8, 4) is 0 Å². The standard InChI is InChI=1S/C20H18ClN3O/c21-16-6-8-17(9-7-16)23-11-13-24(14-12-23)20(25)18-5-1-3-15-4-2-10-22-19(15)18/h1-10H,11-14H2. The molecule has 1 saturated heterocycles. The number of piperazine rings is 1. The Bertz CT molecular complexity index is 897. The van der Waals surface area contributed by atoms with E-state index < -0.39 is 0 Å². The lowest BCUT2D eigenvalue weighted by molar-refractivity contribution is 0.0748. The lowest BCUT2D eigenvalue weighted by atomic mass is 10.1. The van der Waals surface area contributed by atoms with Crippen LogP contribution in [0.1, 0.15) is 10.4 Å². The fraction of sp³-hybridized carbons (Fsp3) is 0.200. The quantitative estimate of drug-likeness (QED) is 0.703. The van der Waals surface area contributed by atoms with Gasteiger partial charge in [0.05, 0.1) is 11.1 Å². The minimum Gasteiger partial charge on any atom is -0.368 e. The van der Waals surface area contributed by atoms with Crippen LogP contribution in [0.4, 0.5) is 5.69 Å². The molecule has 4 nitrogen and oxygen atoms in total. The largest absolute Gasteiger partial charge is 0.368 e. The van der Waals surface area contributed by atoms with Crippen molar-refractivity contribution >= 4 is 34.1 Å². The minimum absolute atomic E-state index is 0.0556. The maximum absolute atomic E-state index is 13.0. The molecule has 126 valence electrons. The molecule has 0 saturated carbocycles. The summed E-state index contributed by atoms with van der Waals surface area (Å²) < 4.78 is 0. The van der Waals surface area contributed by atoms with Gasteiger partial charge in [-0.05, 0) is 36.4 Å². The first-order valence-electron chi connectivity index (χ1n) is 8.36. The molecule has 0 atom stereocenters. The first-order valence-corrected chi connectivity index (χ1v) is 8.74. The Balaban J connectivity index is 1.50. The van der Waals surface area contributed by atoms with Crippen LogP contribution in [0.25, 0.3) is 10.9 Å². The van der Waals surface area contributed by atoms with Crippen molar-refractivity contribution in [2.24, 2.45) is 0 Å². The number of benzene rings is 2. The first-order chi connectivity index (χ1) is 12.2. The lowest BCUT2D eigenvalue weighted by Gasteiger charge is -2.36. The predicted molar refractivity (Wildman–Crippen MR) is 101 cm³/mol. The Morgan fingerprint density at radius 1 is 0.920 bits per heavy atom. The van der Waals surface area contributed by atoms with E-state index in [4.69, 9.17) is 11.6 Å². The predicted octanol–water partition coefficient (Wildman–Crippen LogP) is 3.85. The number of carbonyl (C=O) groups excluding carboxylic acids is 1. The molecule has 4 rings (SSSR count). The highest BCUT2D eigenvalue weighted by molar-refractivity contribution is 6.30. The van der Waals surface area contributed by atoms with Gasteiger partial charge < -0.3 is 9.80 Å². The summed E-state index contributed by atoms with van der Waals surface area (Å²) in [5, 5.41) is 1.73. The number of pyridine rings is 1. The molecule has 1 amide bonds. The third kappa shape index (κ3) is 3.17. The lowest BCUT2D eigenvalue weighted by Crippen LogP contribution is -2.48. The second-order valence-electron chi connectivity index (χ2n) is 6.14. The molecule has 1 fully saturated rings. The molecule has 3 aromatic rings. The summed E-state index contributed by atoms with van der Waals surface area (Å²) in [5.74, 6) is 0.0556. The maximum Gasteiger partial charge on any atom is 0.256 e. The summed E-state index contributed by atoms with van der Waals surface area (Å²) in [4.78, 5) is 21.5. The van der Waals surface area contributed by atoms with Gasteiger partial charge >= 0.3 is 0 Å². The molecule has 1 aromatic heterocycles. The van der Waals surface area contributed by atoms with Crippen LogP contribution in [-0.4, -0.2) is 42.0 Å². The van der Waals surface area contributed by atoms with Crippen LogP contribution in [0, 0.1) is 0 Å². The summed E-state index contributed by atoms with van der Waals surface area (Å²) >= 11 is 5.95. The molecule has 1 aliphatic rings. The third-order valence-electron chi connectivity index (χ3n) is 4.62. The molecular weight excluding hydrogens is 334 g/mol. The average Bonchev–Trinajstić information content (AvgIpc) is 2.68. The van der Waals surface area contributed by atoms with E-state index in [1.165, 1.54) is 0 Å². The molecule has 5 heteroatoms. The van der Waals surface area contributed by atoms with Crippen LogP contribution in [-0.2, 0) is 0 Å². The number of aromatic nitrogens is 1. The molecule has 1 aliphatic heterocycles. The summed E-state index contributed by atoms with van der Waals surface area (Å²) in [6.45, 7) is 3.02. The summed E-state index contributed by atoms with van der Waals surface area (Å²) in [6.07, 6.45) is 1.73. The van der Waals surface area contributed by atoms with Gasteiger partial charge in [0.25, 0.3) is 5.91 Å². The summed E-state index contributed by atoms with van der Waals surface area (Å²) in [5.41, 5.74) is 2.59. The Morgan fingerprint density at radius 3 is 2.40 bits per heavy atom. The second-order valence-corrected chi connectivity index (χ2v) is 6.57. The van der Waals surface area contributed by atoms with Gasteiger partial charge in [-0.2, -0.15) is 0 Å². The minimum atomic E-state index is 0.0556. The van der Waals surface area contributed by atoms with E-state index in [0.29, 0.717) is 18.7 Å². The number of fused-ring (bicyclic) bond motifs is 1. The maximum atomic E-state index is 13.0. The fourth-order valence-corrected chi connectivity index (χ4v) is 3.39. The topological polar surface area (TPSA) is 36.4 Å². The molecule has 0 radical (unpaired) electrons. The van der Waals surface area contributed by atoms with Crippen LogP contribution < -0.4 is 4.90 Å². The van der Waals surface area contributed by atoms with Gasteiger partial charge in [-0.25, -0.2) is 0 Å². The molecule has 0 spiro atoms. The molecule has 0 N–H and O–H groups in total. The zero-order valence-electron chi connectivity index (χ0n) is 13.7. The third-order valence-corrected chi connectivity index (χ3v) is 4.87. The van der Waals surface area contributed by atoms with E-state index in [9.17, 15) is 4.79 Å². The van der Waals surface area contributed by atoms with Gasteiger partial charge in [0, 0.05) is 48.5 Å². The number of hydrogen-bond acceptors (Lipinski definition) is 3. The number of para-hydroxylation sites is 1. The second kappa shape index (κ2) is 6.73. The van der Waals surface area contributed by atoms with Crippen LogP contribution >= 0.6 is 11.6 Å². The van der Waals surface area contributed by atoms with E-state index in [2.05, 4.69) is 9.88 Å². The Labute approximate surface area is 151 Å². The SMILES string of the molecule is O=C(c1cccc2cccnc12)N1CCN(c2ccc(Cl)cc2)CC1. The number of amides is 1. The molecule has 0 aliphatic carbocycles. The van der Waals surface area contributed by atoms with Crippen molar-refractivity contribution in [1.82, 2.24) is 9.88 Å². The van der Waals surface area contributed by atoms with Crippen LogP contribution in [0.5, 0.6) is 0 Å². The number of hydrogen-bond donors (Lipinski definition) is 0. The van der Waals surface area contributed by atoms with E-state index in [0.717, 1.165) is 34.7 Å². The van der Waals surface area contributed by atoms with Gasteiger partial charge in [-0.3, -0.25) is 9.78 Å². The van der Waals surface area contributed by atoms with E-state index in [1.807, 2.05) is 59.5 Å². The normalized spacial score (nSPS) is 14.8. The number of anilines is 1. The molecule has 2 heterocycles. The van der Waals surface area contributed by atoms with Gasteiger partial charge in [0.2, 0.25) is 0 Å². The van der Waals surface area contributed by atoms with Gasteiger partial charge in [-0.15, -0.1) is 0 Å². The van der Waals surface area contributed by atoms with Crippen LogP contribution in [0.15, 0.2) is 60.8 Å². The number of rotatable bonds is 2. The molecule has 0 bridgehead atoms.